The molecule has 0 aliphatic rings. The fraction of sp³-hybridized carbons (Fsp3) is 0.500. The third-order valence-electron chi connectivity index (χ3n) is 2.48. The summed E-state index contributed by atoms with van der Waals surface area (Å²) >= 11 is 6.16. The minimum absolute atomic E-state index is 0.0309. The van der Waals surface area contributed by atoms with E-state index in [9.17, 15) is 4.79 Å². The molecule has 1 atom stereocenters. The number of methoxy groups -OCH3 is 1. The highest BCUT2D eigenvalue weighted by Gasteiger charge is 2.22. The first-order chi connectivity index (χ1) is 8.51. The lowest BCUT2D eigenvalue weighted by Crippen LogP contribution is -2.10. The Morgan fingerprint density at radius 1 is 1.39 bits per heavy atom. The van der Waals surface area contributed by atoms with Crippen molar-refractivity contribution in [2.45, 2.75) is 38.7 Å². The highest BCUT2D eigenvalue weighted by atomic mass is 35.5. The average molecular weight is 271 g/mol. The first kappa shape index (κ1) is 14.8. The molecule has 0 saturated heterocycles. The Hall–Kier alpha value is -1.22. The second kappa shape index (κ2) is 6.64. The SMILES string of the molecule is CCC(=O)C(Cl)c1cccc(OC(C)C)c1OC. The largest absolute Gasteiger partial charge is 0.493 e. The van der Waals surface area contributed by atoms with Gasteiger partial charge in [-0.3, -0.25) is 4.79 Å². The van der Waals surface area contributed by atoms with E-state index in [0.717, 1.165) is 0 Å². The highest BCUT2D eigenvalue weighted by molar-refractivity contribution is 6.31. The number of para-hydroxylation sites is 1. The summed E-state index contributed by atoms with van der Waals surface area (Å²) in [5.74, 6) is 1.12. The maximum atomic E-state index is 11.7. The van der Waals surface area contributed by atoms with Gasteiger partial charge in [-0.05, 0) is 19.9 Å². The molecule has 3 nitrogen and oxygen atoms in total. The third kappa shape index (κ3) is 3.39. The van der Waals surface area contributed by atoms with Crippen LogP contribution >= 0.6 is 11.6 Å². The van der Waals surface area contributed by atoms with Gasteiger partial charge in [0.25, 0.3) is 0 Å². The zero-order valence-corrected chi connectivity index (χ0v) is 12.0. The van der Waals surface area contributed by atoms with E-state index in [0.29, 0.717) is 23.5 Å². The number of hydrogen-bond acceptors (Lipinski definition) is 3. The van der Waals surface area contributed by atoms with Crippen LogP contribution in [0, 0.1) is 0 Å². The summed E-state index contributed by atoms with van der Waals surface area (Å²) in [5.41, 5.74) is 0.657. The smallest absolute Gasteiger partial charge is 0.165 e. The molecule has 0 aliphatic heterocycles. The van der Waals surface area contributed by atoms with Gasteiger partial charge in [0.2, 0.25) is 0 Å². The summed E-state index contributed by atoms with van der Waals surface area (Å²) in [7, 11) is 1.55. The molecule has 1 aromatic rings. The first-order valence-electron chi connectivity index (χ1n) is 6.01. The van der Waals surface area contributed by atoms with Crippen LogP contribution in [-0.4, -0.2) is 19.0 Å². The van der Waals surface area contributed by atoms with Crippen LogP contribution in [0.5, 0.6) is 11.5 Å². The number of hydrogen-bond donors (Lipinski definition) is 0. The van der Waals surface area contributed by atoms with Gasteiger partial charge in [0.1, 0.15) is 5.38 Å². The fourth-order valence-electron chi connectivity index (χ4n) is 1.65. The predicted molar refractivity (Wildman–Crippen MR) is 72.7 cm³/mol. The Morgan fingerprint density at radius 3 is 2.56 bits per heavy atom. The van der Waals surface area contributed by atoms with E-state index in [-0.39, 0.29) is 11.9 Å². The van der Waals surface area contributed by atoms with E-state index in [2.05, 4.69) is 0 Å². The number of alkyl halides is 1. The number of carbonyl (C=O) groups is 1. The summed E-state index contributed by atoms with van der Waals surface area (Å²) in [6.45, 7) is 5.65. The van der Waals surface area contributed by atoms with Gasteiger partial charge >= 0.3 is 0 Å². The van der Waals surface area contributed by atoms with Crippen molar-refractivity contribution in [3.05, 3.63) is 23.8 Å². The number of halogens is 1. The van der Waals surface area contributed by atoms with Crippen molar-refractivity contribution in [3.8, 4) is 11.5 Å². The number of Topliss-reactive ketones (excluding diaryl/α,β-unsaturated/α-hetero) is 1. The molecule has 100 valence electrons. The third-order valence-corrected chi connectivity index (χ3v) is 2.96. The summed E-state index contributed by atoms with van der Waals surface area (Å²) in [6.07, 6.45) is 0.428. The zero-order chi connectivity index (χ0) is 13.7. The Labute approximate surface area is 113 Å². The Morgan fingerprint density at radius 2 is 2.06 bits per heavy atom. The van der Waals surface area contributed by atoms with Gasteiger partial charge < -0.3 is 9.47 Å². The van der Waals surface area contributed by atoms with Crippen LogP contribution < -0.4 is 9.47 Å². The average Bonchev–Trinajstić information content (AvgIpc) is 2.35. The molecule has 0 spiro atoms. The molecule has 0 fully saturated rings. The van der Waals surface area contributed by atoms with Crippen molar-refractivity contribution in [2.75, 3.05) is 7.11 Å². The maximum absolute atomic E-state index is 11.7. The van der Waals surface area contributed by atoms with Crippen LogP contribution in [0.2, 0.25) is 0 Å². The van der Waals surface area contributed by atoms with Crippen LogP contribution in [0.4, 0.5) is 0 Å². The predicted octanol–water partition coefficient (Wildman–Crippen LogP) is 3.74. The maximum Gasteiger partial charge on any atom is 0.165 e. The number of benzene rings is 1. The van der Waals surface area contributed by atoms with E-state index >= 15 is 0 Å². The molecule has 1 aromatic carbocycles. The highest BCUT2D eigenvalue weighted by Crippen LogP contribution is 2.38. The fourth-order valence-corrected chi connectivity index (χ4v) is 1.98. The van der Waals surface area contributed by atoms with E-state index in [1.165, 1.54) is 0 Å². The van der Waals surface area contributed by atoms with Crippen LogP contribution in [0.3, 0.4) is 0 Å². The Balaban J connectivity index is 3.15. The van der Waals surface area contributed by atoms with Gasteiger partial charge in [0, 0.05) is 12.0 Å². The molecule has 0 heterocycles. The molecular weight excluding hydrogens is 252 g/mol. The van der Waals surface area contributed by atoms with Gasteiger partial charge in [-0.2, -0.15) is 0 Å². The molecule has 1 rings (SSSR count). The summed E-state index contributed by atoms with van der Waals surface area (Å²) in [6, 6.07) is 5.41. The second-order valence-electron chi connectivity index (χ2n) is 4.23. The van der Waals surface area contributed by atoms with Crippen LogP contribution in [0.25, 0.3) is 0 Å². The van der Waals surface area contributed by atoms with Crippen molar-refractivity contribution in [1.82, 2.24) is 0 Å². The molecule has 0 amide bonds. The minimum atomic E-state index is -0.694. The lowest BCUT2D eigenvalue weighted by Gasteiger charge is -2.18. The monoisotopic (exact) mass is 270 g/mol. The van der Waals surface area contributed by atoms with Gasteiger partial charge in [-0.15, -0.1) is 11.6 Å². The normalized spacial score (nSPS) is 12.3. The molecule has 0 saturated carbocycles. The van der Waals surface area contributed by atoms with Gasteiger partial charge in [0.05, 0.1) is 13.2 Å². The summed E-state index contributed by atoms with van der Waals surface area (Å²) in [5, 5.41) is -0.694. The number of rotatable bonds is 6. The van der Waals surface area contributed by atoms with E-state index < -0.39 is 5.38 Å². The lowest BCUT2D eigenvalue weighted by atomic mass is 10.1. The van der Waals surface area contributed by atoms with Gasteiger partial charge in [-0.1, -0.05) is 19.1 Å². The molecule has 0 aliphatic carbocycles. The number of ketones is 1. The van der Waals surface area contributed by atoms with E-state index in [4.69, 9.17) is 21.1 Å². The van der Waals surface area contributed by atoms with Crippen molar-refractivity contribution in [2.24, 2.45) is 0 Å². The van der Waals surface area contributed by atoms with Gasteiger partial charge in [-0.25, -0.2) is 0 Å². The van der Waals surface area contributed by atoms with Crippen LogP contribution in [0.15, 0.2) is 18.2 Å². The lowest BCUT2D eigenvalue weighted by molar-refractivity contribution is -0.118. The van der Waals surface area contributed by atoms with Crippen LogP contribution in [-0.2, 0) is 4.79 Å². The van der Waals surface area contributed by atoms with Crippen molar-refractivity contribution >= 4 is 17.4 Å². The number of ether oxygens (including phenoxy) is 2. The topological polar surface area (TPSA) is 35.5 Å². The molecular formula is C14H19ClO3. The van der Waals surface area contributed by atoms with Crippen molar-refractivity contribution < 1.29 is 14.3 Å². The van der Waals surface area contributed by atoms with Crippen LogP contribution in [0.1, 0.15) is 38.1 Å². The molecule has 0 aromatic heterocycles. The molecule has 18 heavy (non-hydrogen) atoms. The van der Waals surface area contributed by atoms with E-state index in [1.807, 2.05) is 26.0 Å². The quantitative estimate of drug-likeness (QED) is 0.739. The van der Waals surface area contributed by atoms with E-state index in [1.54, 1.807) is 20.1 Å². The first-order valence-corrected chi connectivity index (χ1v) is 6.45. The molecule has 1 unspecified atom stereocenters. The molecule has 0 bridgehead atoms. The summed E-state index contributed by atoms with van der Waals surface area (Å²) < 4.78 is 11.0. The summed E-state index contributed by atoms with van der Waals surface area (Å²) in [4.78, 5) is 11.7. The molecule has 0 N–H and O–H groups in total. The molecule has 4 heteroatoms. The second-order valence-corrected chi connectivity index (χ2v) is 4.66. The van der Waals surface area contributed by atoms with Crippen molar-refractivity contribution in [1.29, 1.82) is 0 Å². The minimum Gasteiger partial charge on any atom is -0.493 e. The van der Waals surface area contributed by atoms with Gasteiger partial charge in [0.15, 0.2) is 17.3 Å². The van der Waals surface area contributed by atoms with Crippen molar-refractivity contribution in [3.63, 3.8) is 0 Å². The number of carbonyl (C=O) groups excluding carboxylic acids is 1. The standard InChI is InChI=1S/C14H19ClO3/c1-5-11(16)13(15)10-7-6-8-12(14(10)17-4)18-9(2)3/h6-9,13H,5H2,1-4H3. The Bertz CT molecular complexity index is 416. The molecule has 0 radical (unpaired) electrons. The Kier molecular flexibility index (Phi) is 5.48. The zero-order valence-electron chi connectivity index (χ0n) is 11.2.